The molecule has 0 spiro atoms. The van der Waals surface area contributed by atoms with E-state index in [0.717, 1.165) is 11.4 Å². The second-order valence-corrected chi connectivity index (χ2v) is 4.02. The molecule has 0 aliphatic heterocycles. The van der Waals surface area contributed by atoms with Crippen molar-refractivity contribution < 1.29 is 9.13 Å². The molecule has 0 aliphatic carbocycles. The van der Waals surface area contributed by atoms with E-state index in [1.807, 2.05) is 24.3 Å². The maximum Gasteiger partial charge on any atom is 0.137 e. The molecule has 94 valence electrons. The minimum Gasteiger partial charge on any atom is -0.457 e. The van der Waals surface area contributed by atoms with Crippen molar-refractivity contribution in [1.82, 2.24) is 9.97 Å². The quantitative estimate of drug-likeness (QED) is 0.766. The summed E-state index contributed by atoms with van der Waals surface area (Å²) < 4.78 is 18.4. The van der Waals surface area contributed by atoms with Crippen LogP contribution in [-0.4, -0.2) is 9.97 Å². The summed E-state index contributed by atoms with van der Waals surface area (Å²) in [5.74, 6) is 1.84. The number of aromatic amines is 1. The third-order valence-corrected chi connectivity index (χ3v) is 2.68. The van der Waals surface area contributed by atoms with Gasteiger partial charge in [0, 0.05) is 18.0 Å². The van der Waals surface area contributed by atoms with Crippen LogP contribution in [0.5, 0.6) is 11.5 Å². The SMILES string of the molecule is Fc1ccc(Oc2ccc(-c3ncc[nH]3)cc2)cc1. The van der Waals surface area contributed by atoms with E-state index in [9.17, 15) is 4.39 Å². The first-order chi connectivity index (χ1) is 9.31. The first kappa shape index (κ1) is 11.5. The van der Waals surface area contributed by atoms with Crippen LogP contribution in [0.25, 0.3) is 11.4 Å². The van der Waals surface area contributed by atoms with E-state index >= 15 is 0 Å². The molecule has 0 saturated carbocycles. The minimum absolute atomic E-state index is 0.277. The highest BCUT2D eigenvalue weighted by atomic mass is 19.1. The Bertz CT molecular complexity index is 646. The van der Waals surface area contributed by atoms with Crippen LogP contribution in [0.2, 0.25) is 0 Å². The Morgan fingerprint density at radius 1 is 0.895 bits per heavy atom. The molecule has 0 aliphatic rings. The summed E-state index contributed by atoms with van der Waals surface area (Å²) in [7, 11) is 0. The van der Waals surface area contributed by atoms with Crippen LogP contribution in [0.15, 0.2) is 60.9 Å². The van der Waals surface area contributed by atoms with Gasteiger partial charge in [-0.25, -0.2) is 9.37 Å². The van der Waals surface area contributed by atoms with Crippen LogP contribution in [0.1, 0.15) is 0 Å². The Labute approximate surface area is 109 Å². The second kappa shape index (κ2) is 4.94. The highest BCUT2D eigenvalue weighted by Gasteiger charge is 2.01. The molecule has 3 nitrogen and oxygen atoms in total. The Kier molecular flexibility index (Phi) is 2.98. The van der Waals surface area contributed by atoms with Crippen LogP contribution in [0, 0.1) is 5.82 Å². The van der Waals surface area contributed by atoms with Crippen LogP contribution < -0.4 is 4.74 Å². The van der Waals surface area contributed by atoms with Gasteiger partial charge < -0.3 is 9.72 Å². The van der Waals surface area contributed by atoms with E-state index in [1.165, 1.54) is 12.1 Å². The number of benzene rings is 2. The fraction of sp³-hybridized carbons (Fsp3) is 0. The van der Waals surface area contributed by atoms with Gasteiger partial charge in [0.25, 0.3) is 0 Å². The molecular weight excluding hydrogens is 243 g/mol. The standard InChI is InChI=1S/C15H11FN2O/c16-12-3-7-14(8-4-12)19-13-5-1-11(2-6-13)15-17-9-10-18-15/h1-10H,(H,17,18). The van der Waals surface area contributed by atoms with Gasteiger partial charge in [-0.1, -0.05) is 0 Å². The average molecular weight is 254 g/mol. The van der Waals surface area contributed by atoms with Crippen LogP contribution in [0.4, 0.5) is 4.39 Å². The first-order valence-corrected chi connectivity index (χ1v) is 5.84. The molecule has 4 heteroatoms. The molecule has 19 heavy (non-hydrogen) atoms. The van der Waals surface area contributed by atoms with Crippen molar-refractivity contribution in [2.75, 3.05) is 0 Å². The summed E-state index contributed by atoms with van der Waals surface area (Å²) in [6.07, 6.45) is 3.48. The summed E-state index contributed by atoms with van der Waals surface area (Å²) in [6.45, 7) is 0. The van der Waals surface area contributed by atoms with Crippen molar-refractivity contribution in [3.8, 4) is 22.9 Å². The van der Waals surface area contributed by atoms with Crippen LogP contribution in [0.3, 0.4) is 0 Å². The molecule has 3 aromatic rings. The van der Waals surface area contributed by atoms with Crippen LogP contribution >= 0.6 is 0 Å². The van der Waals surface area contributed by atoms with Gasteiger partial charge in [-0.3, -0.25) is 0 Å². The lowest BCUT2D eigenvalue weighted by Gasteiger charge is -2.06. The number of imidazole rings is 1. The summed E-state index contributed by atoms with van der Waals surface area (Å²) in [5.41, 5.74) is 0.983. The van der Waals surface area contributed by atoms with Crippen molar-refractivity contribution in [3.63, 3.8) is 0 Å². The summed E-state index contributed by atoms with van der Waals surface area (Å²) >= 11 is 0. The number of hydrogen-bond donors (Lipinski definition) is 1. The molecule has 1 heterocycles. The van der Waals surface area contributed by atoms with E-state index in [-0.39, 0.29) is 5.82 Å². The Hall–Kier alpha value is -2.62. The number of nitrogens with zero attached hydrogens (tertiary/aromatic N) is 1. The summed E-state index contributed by atoms with van der Waals surface area (Å²) in [6, 6.07) is 13.4. The van der Waals surface area contributed by atoms with Crippen LogP contribution in [-0.2, 0) is 0 Å². The molecule has 2 aromatic carbocycles. The van der Waals surface area contributed by atoms with Crippen molar-refractivity contribution in [2.45, 2.75) is 0 Å². The number of aromatic nitrogens is 2. The number of ether oxygens (including phenoxy) is 1. The molecule has 0 saturated heterocycles. The Balaban J connectivity index is 1.77. The van der Waals surface area contributed by atoms with Gasteiger partial charge in [0.15, 0.2) is 0 Å². The molecular formula is C15H11FN2O. The maximum atomic E-state index is 12.8. The van der Waals surface area contributed by atoms with Crippen molar-refractivity contribution in [1.29, 1.82) is 0 Å². The third kappa shape index (κ3) is 2.63. The number of halogens is 1. The zero-order valence-electron chi connectivity index (χ0n) is 10.0. The molecule has 0 amide bonds. The number of nitrogens with one attached hydrogen (secondary N) is 1. The Morgan fingerprint density at radius 2 is 1.53 bits per heavy atom. The molecule has 0 radical (unpaired) electrons. The van der Waals surface area contributed by atoms with Crippen molar-refractivity contribution >= 4 is 0 Å². The normalized spacial score (nSPS) is 10.4. The molecule has 1 aromatic heterocycles. The molecule has 0 atom stereocenters. The zero-order chi connectivity index (χ0) is 13.1. The van der Waals surface area contributed by atoms with E-state index in [2.05, 4.69) is 9.97 Å². The molecule has 0 unspecified atom stereocenters. The highest BCUT2D eigenvalue weighted by molar-refractivity contribution is 5.56. The lowest BCUT2D eigenvalue weighted by atomic mass is 10.2. The monoisotopic (exact) mass is 254 g/mol. The fourth-order valence-corrected chi connectivity index (χ4v) is 1.74. The topological polar surface area (TPSA) is 37.9 Å². The maximum absolute atomic E-state index is 12.8. The van der Waals surface area contributed by atoms with Gasteiger partial charge in [-0.15, -0.1) is 0 Å². The van der Waals surface area contributed by atoms with E-state index in [4.69, 9.17) is 4.74 Å². The predicted octanol–water partition coefficient (Wildman–Crippen LogP) is 4.01. The van der Waals surface area contributed by atoms with Gasteiger partial charge >= 0.3 is 0 Å². The number of hydrogen-bond acceptors (Lipinski definition) is 2. The predicted molar refractivity (Wildman–Crippen MR) is 70.5 cm³/mol. The zero-order valence-corrected chi connectivity index (χ0v) is 10.0. The Morgan fingerprint density at radius 3 is 2.11 bits per heavy atom. The largest absolute Gasteiger partial charge is 0.457 e. The molecule has 1 N–H and O–H groups in total. The van der Waals surface area contributed by atoms with Gasteiger partial charge in [0.2, 0.25) is 0 Å². The smallest absolute Gasteiger partial charge is 0.137 e. The van der Waals surface area contributed by atoms with E-state index in [1.54, 1.807) is 24.5 Å². The number of rotatable bonds is 3. The molecule has 3 rings (SSSR count). The third-order valence-electron chi connectivity index (χ3n) is 2.68. The fourth-order valence-electron chi connectivity index (χ4n) is 1.74. The van der Waals surface area contributed by atoms with Crippen molar-refractivity contribution in [3.05, 3.63) is 66.7 Å². The summed E-state index contributed by atoms with van der Waals surface area (Å²) in [5, 5.41) is 0. The minimum atomic E-state index is -0.277. The first-order valence-electron chi connectivity index (χ1n) is 5.84. The van der Waals surface area contributed by atoms with Gasteiger partial charge in [-0.2, -0.15) is 0 Å². The van der Waals surface area contributed by atoms with Gasteiger partial charge in [-0.05, 0) is 48.5 Å². The van der Waals surface area contributed by atoms with Crippen molar-refractivity contribution in [2.24, 2.45) is 0 Å². The van der Waals surface area contributed by atoms with Gasteiger partial charge in [0.1, 0.15) is 23.1 Å². The van der Waals surface area contributed by atoms with Gasteiger partial charge in [0.05, 0.1) is 0 Å². The molecule has 0 fully saturated rings. The van der Waals surface area contributed by atoms with E-state index < -0.39 is 0 Å². The molecule has 0 bridgehead atoms. The average Bonchev–Trinajstić information content (AvgIpc) is 2.96. The lowest BCUT2D eigenvalue weighted by Crippen LogP contribution is -1.85. The summed E-state index contributed by atoms with van der Waals surface area (Å²) in [4.78, 5) is 7.21. The second-order valence-electron chi connectivity index (χ2n) is 4.02. The lowest BCUT2D eigenvalue weighted by molar-refractivity contribution is 0.480. The highest BCUT2D eigenvalue weighted by Crippen LogP contribution is 2.24. The number of H-pyrrole nitrogens is 1. The van der Waals surface area contributed by atoms with E-state index in [0.29, 0.717) is 11.5 Å².